The van der Waals surface area contributed by atoms with Gasteiger partial charge in [0.25, 0.3) is 0 Å². The van der Waals surface area contributed by atoms with Gasteiger partial charge in [-0.25, -0.2) is 0 Å². The van der Waals surface area contributed by atoms with Gasteiger partial charge in [-0.2, -0.15) is 0 Å². The molecule has 4 heteroatoms. The van der Waals surface area contributed by atoms with Gasteiger partial charge in [0, 0.05) is 19.5 Å². The standard InChI is InChI=1S/C12H23NO3/c1-2-3-6-9-13(11-14)10-7-4-5-8-12(15)16/h11H,2-10H2,1H3,(H,15,16). The Bertz CT molecular complexity index is 195. The first-order valence-electron chi connectivity index (χ1n) is 6.11. The molecule has 0 aromatic rings. The molecule has 4 nitrogen and oxygen atoms in total. The normalized spacial score (nSPS) is 10.1. The molecule has 0 aromatic carbocycles. The van der Waals surface area contributed by atoms with E-state index in [0.29, 0.717) is 6.42 Å². The van der Waals surface area contributed by atoms with Gasteiger partial charge >= 0.3 is 5.97 Å². The summed E-state index contributed by atoms with van der Waals surface area (Å²) in [6.45, 7) is 3.72. The molecule has 0 saturated heterocycles. The van der Waals surface area contributed by atoms with Crippen molar-refractivity contribution in [1.82, 2.24) is 4.90 Å². The highest BCUT2D eigenvalue weighted by Gasteiger charge is 2.01. The summed E-state index contributed by atoms with van der Waals surface area (Å²) in [6, 6.07) is 0. The van der Waals surface area contributed by atoms with Crippen LogP contribution in [0.4, 0.5) is 0 Å². The summed E-state index contributed by atoms with van der Waals surface area (Å²) in [5.74, 6) is -0.741. The number of aliphatic carboxylic acids is 1. The number of carboxylic acid groups (broad SMARTS) is 1. The van der Waals surface area contributed by atoms with E-state index in [1.807, 2.05) is 0 Å². The molecule has 0 aliphatic carbocycles. The minimum Gasteiger partial charge on any atom is -0.481 e. The molecular weight excluding hydrogens is 206 g/mol. The lowest BCUT2D eigenvalue weighted by Crippen LogP contribution is -2.24. The SMILES string of the molecule is CCCCCN(C=O)CCCCCC(=O)O. The summed E-state index contributed by atoms with van der Waals surface area (Å²) in [7, 11) is 0. The molecule has 0 rings (SSSR count). The van der Waals surface area contributed by atoms with Gasteiger partial charge in [0.15, 0.2) is 0 Å². The molecule has 0 aromatic heterocycles. The maximum atomic E-state index is 10.7. The third kappa shape index (κ3) is 9.49. The van der Waals surface area contributed by atoms with Crippen LogP contribution in [0.15, 0.2) is 0 Å². The molecule has 0 radical (unpaired) electrons. The van der Waals surface area contributed by atoms with E-state index >= 15 is 0 Å². The zero-order valence-corrected chi connectivity index (χ0v) is 10.2. The molecule has 0 heterocycles. The molecule has 16 heavy (non-hydrogen) atoms. The van der Waals surface area contributed by atoms with Gasteiger partial charge in [-0.05, 0) is 19.3 Å². The van der Waals surface area contributed by atoms with Crippen LogP contribution in [0, 0.1) is 0 Å². The Morgan fingerprint density at radius 1 is 1.12 bits per heavy atom. The van der Waals surface area contributed by atoms with Crippen LogP contribution in [0.25, 0.3) is 0 Å². The highest BCUT2D eigenvalue weighted by Crippen LogP contribution is 2.03. The third-order valence-corrected chi connectivity index (χ3v) is 2.53. The van der Waals surface area contributed by atoms with Crippen molar-refractivity contribution >= 4 is 12.4 Å². The molecule has 0 saturated carbocycles. The summed E-state index contributed by atoms with van der Waals surface area (Å²) in [6.07, 6.45) is 6.99. The van der Waals surface area contributed by atoms with Crippen LogP contribution >= 0.6 is 0 Å². The van der Waals surface area contributed by atoms with Crippen molar-refractivity contribution in [2.75, 3.05) is 13.1 Å². The Kier molecular flexibility index (Phi) is 9.76. The number of rotatable bonds is 11. The third-order valence-electron chi connectivity index (χ3n) is 2.53. The fourth-order valence-electron chi connectivity index (χ4n) is 1.55. The van der Waals surface area contributed by atoms with Crippen LogP contribution in [0.3, 0.4) is 0 Å². The van der Waals surface area contributed by atoms with Crippen molar-refractivity contribution in [2.24, 2.45) is 0 Å². The lowest BCUT2D eigenvalue weighted by atomic mass is 10.2. The average Bonchev–Trinajstić information content (AvgIpc) is 2.26. The second-order valence-electron chi connectivity index (χ2n) is 4.05. The van der Waals surface area contributed by atoms with Gasteiger partial charge in [-0.15, -0.1) is 0 Å². The van der Waals surface area contributed by atoms with E-state index in [1.165, 1.54) is 0 Å². The number of carbonyl (C=O) groups is 2. The number of nitrogens with zero attached hydrogens (tertiary/aromatic N) is 1. The smallest absolute Gasteiger partial charge is 0.303 e. The summed E-state index contributed by atoms with van der Waals surface area (Å²) in [5, 5.41) is 8.44. The monoisotopic (exact) mass is 229 g/mol. The Morgan fingerprint density at radius 3 is 2.25 bits per heavy atom. The molecule has 0 fully saturated rings. The molecule has 0 aliphatic rings. The predicted molar refractivity (Wildman–Crippen MR) is 63.3 cm³/mol. The van der Waals surface area contributed by atoms with Crippen LogP contribution in [-0.4, -0.2) is 35.5 Å². The maximum absolute atomic E-state index is 10.7. The van der Waals surface area contributed by atoms with Crippen molar-refractivity contribution in [3.05, 3.63) is 0 Å². The molecule has 1 N–H and O–H groups in total. The van der Waals surface area contributed by atoms with Crippen LogP contribution < -0.4 is 0 Å². The number of hydrogen-bond acceptors (Lipinski definition) is 2. The van der Waals surface area contributed by atoms with E-state index in [1.54, 1.807) is 4.90 Å². The minimum absolute atomic E-state index is 0.233. The zero-order valence-electron chi connectivity index (χ0n) is 10.2. The lowest BCUT2D eigenvalue weighted by molar-refractivity contribution is -0.137. The topological polar surface area (TPSA) is 57.6 Å². The van der Waals surface area contributed by atoms with Gasteiger partial charge in [-0.3, -0.25) is 9.59 Å². The Labute approximate surface area is 97.6 Å². The Hall–Kier alpha value is -1.06. The molecule has 0 spiro atoms. The van der Waals surface area contributed by atoms with E-state index in [2.05, 4.69) is 6.92 Å². The van der Waals surface area contributed by atoms with Crippen molar-refractivity contribution < 1.29 is 14.7 Å². The summed E-state index contributed by atoms with van der Waals surface area (Å²) >= 11 is 0. The zero-order chi connectivity index (χ0) is 12.2. The Morgan fingerprint density at radius 2 is 1.75 bits per heavy atom. The van der Waals surface area contributed by atoms with Crippen LogP contribution in [0.2, 0.25) is 0 Å². The summed E-state index contributed by atoms with van der Waals surface area (Å²) in [4.78, 5) is 22.8. The summed E-state index contributed by atoms with van der Waals surface area (Å²) in [5.41, 5.74) is 0. The van der Waals surface area contributed by atoms with E-state index in [4.69, 9.17) is 5.11 Å². The molecular formula is C12H23NO3. The van der Waals surface area contributed by atoms with Crippen molar-refractivity contribution in [3.63, 3.8) is 0 Å². The first kappa shape index (κ1) is 14.9. The number of amides is 1. The second kappa shape index (κ2) is 10.5. The minimum atomic E-state index is -0.741. The van der Waals surface area contributed by atoms with Crippen LogP contribution in [-0.2, 0) is 9.59 Å². The molecule has 0 atom stereocenters. The van der Waals surface area contributed by atoms with Gasteiger partial charge < -0.3 is 10.0 Å². The number of hydrogen-bond donors (Lipinski definition) is 1. The number of carboxylic acids is 1. The van der Waals surface area contributed by atoms with Gasteiger partial charge in [-0.1, -0.05) is 26.2 Å². The maximum Gasteiger partial charge on any atom is 0.303 e. The first-order valence-corrected chi connectivity index (χ1v) is 6.11. The largest absolute Gasteiger partial charge is 0.481 e. The molecule has 94 valence electrons. The number of carbonyl (C=O) groups excluding carboxylic acids is 1. The van der Waals surface area contributed by atoms with Gasteiger partial charge in [0.05, 0.1) is 0 Å². The average molecular weight is 229 g/mol. The highest BCUT2D eigenvalue weighted by atomic mass is 16.4. The number of unbranched alkanes of at least 4 members (excludes halogenated alkanes) is 4. The van der Waals surface area contributed by atoms with Gasteiger partial charge in [0.2, 0.25) is 6.41 Å². The molecule has 0 unspecified atom stereocenters. The van der Waals surface area contributed by atoms with Crippen LogP contribution in [0.5, 0.6) is 0 Å². The van der Waals surface area contributed by atoms with Crippen LogP contribution in [0.1, 0.15) is 51.9 Å². The van der Waals surface area contributed by atoms with E-state index in [-0.39, 0.29) is 6.42 Å². The van der Waals surface area contributed by atoms with Gasteiger partial charge in [0.1, 0.15) is 0 Å². The Balaban J connectivity index is 3.40. The van der Waals surface area contributed by atoms with E-state index in [9.17, 15) is 9.59 Å². The summed E-state index contributed by atoms with van der Waals surface area (Å²) < 4.78 is 0. The molecule has 0 bridgehead atoms. The van der Waals surface area contributed by atoms with E-state index < -0.39 is 5.97 Å². The first-order chi connectivity index (χ1) is 7.70. The fourth-order valence-corrected chi connectivity index (χ4v) is 1.55. The van der Waals surface area contributed by atoms with Crippen molar-refractivity contribution in [3.8, 4) is 0 Å². The second-order valence-corrected chi connectivity index (χ2v) is 4.05. The molecule has 1 amide bonds. The highest BCUT2D eigenvalue weighted by molar-refractivity contribution is 5.66. The fraction of sp³-hybridized carbons (Fsp3) is 0.833. The lowest BCUT2D eigenvalue weighted by Gasteiger charge is -2.16. The predicted octanol–water partition coefficient (Wildman–Crippen LogP) is 2.28. The molecule has 0 aliphatic heterocycles. The van der Waals surface area contributed by atoms with E-state index in [0.717, 1.165) is 51.6 Å². The van der Waals surface area contributed by atoms with Crippen molar-refractivity contribution in [2.45, 2.75) is 51.9 Å². The van der Waals surface area contributed by atoms with Crippen molar-refractivity contribution in [1.29, 1.82) is 0 Å². The quantitative estimate of drug-likeness (QED) is 0.437.